The van der Waals surface area contributed by atoms with Crippen LogP contribution in [0.5, 0.6) is 0 Å². The summed E-state index contributed by atoms with van der Waals surface area (Å²) in [5.74, 6) is -2.39. The molecule has 0 saturated carbocycles. The van der Waals surface area contributed by atoms with Gasteiger partial charge in [-0.2, -0.15) is 0 Å². The molecule has 1 spiro atoms. The molecular weight excluding hydrogens is 544 g/mol. The van der Waals surface area contributed by atoms with Crippen LogP contribution in [0.15, 0.2) is 30.3 Å². The number of carbonyl (C=O) groups excluding carboxylic acids is 3. The Kier molecular flexibility index (Phi) is 7.88. The number of aliphatic hydroxyl groups is 1. The number of amides is 3. The van der Waals surface area contributed by atoms with E-state index in [2.05, 4.69) is 31.5 Å². The predicted molar refractivity (Wildman–Crippen MR) is 138 cm³/mol. The van der Waals surface area contributed by atoms with Crippen LogP contribution in [-0.4, -0.2) is 107 Å². The number of morpholine rings is 1. The number of likely N-dealkylation sites (tertiary alicyclic amines) is 1. The van der Waals surface area contributed by atoms with Gasteiger partial charge in [0.25, 0.3) is 0 Å². The molecule has 4 aliphatic heterocycles. The fraction of sp³-hybridized carbons (Fsp3) is 0.654. The zero-order valence-electron chi connectivity index (χ0n) is 21.0. The molecule has 4 heterocycles. The number of nitrogens with one attached hydrogen (secondary N) is 2. The molecule has 4 fully saturated rings. The summed E-state index contributed by atoms with van der Waals surface area (Å²) in [5.41, 5.74) is -0.173. The minimum Gasteiger partial charge on any atom is -0.394 e. The van der Waals surface area contributed by atoms with E-state index in [0.29, 0.717) is 39.3 Å². The lowest BCUT2D eigenvalue weighted by molar-refractivity contribution is -0.145. The van der Waals surface area contributed by atoms with Gasteiger partial charge in [-0.1, -0.05) is 46.3 Å². The second-order valence-corrected chi connectivity index (χ2v) is 11.6. The number of benzene rings is 1. The molecule has 3 unspecified atom stereocenters. The molecule has 4 saturated heterocycles. The van der Waals surface area contributed by atoms with E-state index in [0.717, 1.165) is 18.7 Å². The van der Waals surface area contributed by atoms with Gasteiger partial charge in [-0.3, -0.25) is 19.3 Å². The van der Waals surface area contributed by atoms with E-state index in [4.69, 9.17) is 9.47 Å². The van der Waals surface area contributed by atoms with E-state index >= 15 is 0 Å². The van der Waals surface area contributed by atoms with Crippen LogP contribution in [-0.2, 0) is 30.4 Å². The van der Waals surface area contributed by atoms with Crippen LogP contribution in [0.4, 0.5) is 0 Å². The van der Waals surface area contributed by atoms with Crippen LogP contribution in [0.3, 0.4) is 0 Å². The number of aliphatic hydroxyl groups excluding tert-OH is 1. The molecule has 0 aliphatic carbocycles. The Morgan fingerprint density at radius 2 is 1.92 bits per heavy atom. The maximum absolute atomic E-state index is 13.8. The monoisotopic (exact) mass is 578 g/mol. The van der Waals surface area contributed by atoms with Crippen molar-refractivity contribution in [3.8, 4) is 0 Å². The SMILES string of the molecule is C[C@H](CO)N1C(=O)[C@@H]2[C@H](C(=O)NCc3ccccc3)[C@H]3OC2(CC3Br)C1C(=O)NCCN1CCOCC1. The number of alkyl halides is 1. The van der Waals surface area contributed by atoms with Gasteiger partial charge in [0.05, 0.1) is 43.8 Å². The van der Waals surface area contributed by atoms with Gasteiger partial charge in [0.2, 0.25) is 17.7 Å². The van der Waals surface area contributed by atoms with E-state index in [9.17, 15) is 19.5 Å². The molecule has 202 valence electrons. The van der Waals surface area contributed by atoms with Gasteiger partial charge in [0, 0.05) is 37.6 Å². The third-order valence-electron chi connectivity index (χ3n) is 8.16. The number of nitrogens with zero attached hydrogens (tertiary/aromatic N) is 2. The van der Waals surface area contributed by atoms with Crippen LogP contribution in [0.1, 0.15) is 18.9 Å². The Bertz CT molecular complexity index is 1010. The third kappa shape index (κ3) is 4.80. The van der Waals surface area contributed by atoms with Crippen molar-refractivity contribution in [2.45, 2.75) is 48.5 Å². The molecule has 0 radical (unpaired) electrons. The number of fused-ring (bicyclic) bond motifs is 1. The first-order valence-electron chi connectivity index (χ1n) is 13.0. The number of ether oxygens (including phenoxy) is 2. The minimum atomic E-state index is -1.13. The summed E-state index contributed by atoms with van der Waals surface area (Å²) in [7, 11) is 0. The summed E-state index contributed by atoms with van der Waals surface area (Å²) in [6.45, 7) is 5.84. The molecule has 7 atom stereocenters. The molecule has 0 aromatic heterocycles. The highest BCUT2D eigenvalue weighted by Gasteiger charge is 2.76. The highest BCUT2D eigenvalue weighted by Crippen LogP contribution is 2.60. The van der Waals surface area contributed by atoms with Crippen molar-refractivity contribution in [1.82, 2.24) is 20.4 Å². The van der Waals surface area contributed by atoms with Gasteiger partial charge in [0.15, 0.2) is 0 Å². The van der Waals surface area contributed by atoms with E-state index < -0.39 is 35.6 Å². The Balaban J connectivity index is 1.35. The first-order chi connectivity index (χ1) is 17.9. The molecule has 1 aromatic carbocycles. The molecular formula is C26H35BrN4O6. The lowest BCUT2D eigenvalue weighted by Crippen LogP contribution is -2.58. The standard InChI is InChI=1S/C26H35BrN4O6/c1-16(15-32)31-22(24(34)28-7-8-30-9-11-36-12-10-30)26-13-18(27)21(37-26)19(20(26)25(31)35)23(33)29-14-17-5-3-2-4-6-17/h2-6,16,18-22,32H,7-15H2,1H3,(H,28,34)(H,29,33)/t16-,18?,19+,20+,21+,22?,26?/m1/s1. The van der Waals surface area contributed by atoms with Crippen molar-refractivity contribution < 1.29 is 29.0 Å². The van der Waals surface area contributed by atoms with Gasteiger partial charge >= 0.3 is 0 Å². The molecule has 10 nitrogen and oxygen atoms in total. The van der Waals surface area contributed by atoms with Gasteiger partial charge in [-0.15, -0.1) is 0 Å². The fourth-order valence-electron chi connectivity index (χ4n) is 6.39. The summed E-state index contributed by atoms with van der Waals surface area (Å²) in [4.78, 5) is 44.5. The molecule has 3 N–H and O–H groups in total. The van der Waals surface area contributed by atoms with Gasteiger partial charge in [-0.25, -0.2) is 0 Å². The highest BCUT2D eigenvalue weighted by molar-refractivity contribution is 9.09. The number of carbonyl (C=O) groups is 3. The number of halogens is 1. The minimum absolute atomic E-state index is 0.169. The van der Waals surface area contributed by atoms with Crippen molar-refractivity contribution >= 4 is 33.7 Å². The normalized spacial score (nSPS) is 33.9. The van der Waals surface area contributed by atoms with E-state index in [1.807, 2.05) is 30.3 Å². The van der Waals surface area contributed by atoms with Gasteiger partial charge < -0.3 is 30.1 Å². The van der Waals surface area contributed by atoms with Gasteiger partial charge in [-0.05, 0) is 18.9 Å². The van der Waals surface area contributed by atoms with Crippen LogP contribution in [0.2, 0.25) is 0 Å². The quantitative estimate of drug-likeness (QED) is 0.349. The smallest absolute Gasteiger partial charge is 0.245 e. The molecule has 37 heavy (non-hydrogen) atoms. The van der Waals surface area contributed by atoms with E-state index in [1.54, 1.807) is 6.92 Å². The molecule has 3 amide bonds. The van der Waals surface area contributed by atoms with Crippen molar-refractivity contribution in [2.24, 2.45) is 11.8 Å². The molecule has 2 bridgehead atoms. The Morgan fingerprint density at radius 3 is 2.62 bits per heavy atom. The molecule has 1 aromatic rings. The number of hydrogen-bond acceptors (Lipinski definition) is 7. The number of rotatable bonds is 9. The lowest BCUT2D eigenvalue weighted by atomic mass is 9.70. The summed E-state index contributed by atoms with van der Waals surface area (Å²) >= 11 is 3.67. The molecule has 5 rings (SSSR count). The Morgan fingerprint density at radius 1 is 1.19 bits per heavy atom. The number of hydrogen-bond donors (Lipinski definition) is 3. The average molecular weight is 579 g/mol. The van der Waals surface area contributed by atoms with Gasteiger partial charge in [0.1, 0.15) is 11.6 Å². The fourth-order valence-corrected chi connectivity index (χ4v) is 7.33. The van der Waals surface area contributed by atoms with Crippen molar-refractivity contribution in [3.63, 3.8) is 0 Å². The highest BCUT2D eigenvalue weighted by atomic mass is 79.9. The second kappa shape index (κ2) is 11.0. The Labute approximate surface area is 225 Å². The first kappa shape index (κ1) is 26.6. The Hall–Kier alpha value is -2.05. The summed E-state index contributed by atoms with van der Waals surface area (Å²) in [6, 6.07) is 8.06. The van der Waals surface area contributed by atoms with Crippen molar-refractivity contribution in [1.29, 1.82) is 0 Å². The van der Waals surface area contributed by atoms with Crippen LogP contribution < -0.4 is 10.6 Å². The van der Waals surface area contributed by atoms with E-state index in [1.165, 1.54) is 4.90 Å². The van der Waals surface area contributed by atoms with Crippen LogP contribution >= 0.6 is 15.9 Å². The molecule has 11 heteroatoms. The largest absolute Gasteiger partial charge is 0.394 e. The third-order valence-corrected chi connectivity index (χ3v) is 9.00. The average Bonchev–Trinajstić information content (AvgIpc) is 3.51. The zero-order chi connectivity index (χ0) is 26.2. The second-order valence-electron chi connectivity index (χ2n) is 10.4. The van der Waals surface area contributed by atoms with Crippen molar-refractivity contribution in [2.75, 3.05) is 46.0 Å². The van der Waals surface area contributed by atoms with E-state index in [-0.39, 0.29) is 29.2 Å². The maximum atomic E-state index is 13.8. The summed E-state index contributed by atoms with van der Waals surface area (Å²) in [6.07, 6.45) is -0.0767. The predicted octanol–water partition coefficient (Wildman–Crippen LogP) is -0.120. The summed E-state index contributed by atoms with van der Waals surface area (Å²) < 4.78 is 11.9. The molecule has 4 aliphatic rings. The van der Waals surface area contributed by atoms with Crippen LogP contribution in [0.25, 0.3) is 0 Å². The summed E-state index contributed by atoms with van der Waals surface area (Å²) in [5, 5.41) is 15.9. The maximum Gasteiger partial charge on any atom is 0.245 e. The topological polar surface area (TPSA) is 120 Å². The first-order valence-corrected chi connectivity index (χ1v) is 13.9. The lowest BCUT2D eigenvalue weighted by Gasteiger charge is -2.36. The van der Waals surface area contributed by atoms with Crippen LogP contribution in [0, 0.1) is 11.8 Å². The van der Waals surface area contributed by atoms with Crippen molar-refractivity contribution in [3.05, 3.63) is 35.9 Å². The zero-order valence-corrected chi connectivity index (χ0v) is 22.6.